The van der Waals surface area contributed by atoms with Crippen LogP contribution in [0.25, 0.3) is 0 Å². The second kappa shape index (κ2) is 76.8. The van der Waals surface area contributed by atoms with Crippen LogP contribution in [0, 0.1) is 23.7 Å². The molecule has 0 aliphatic carbocycles. The lowest BCUT2D eigenvalue weighted by Gasteiger charge is -2.18. The van der Waals surface area contributed by atoms with Gasteiger partial charge in [-0.05, 0) is 214 Å². The maximum Gasteiger partial charge on any atom is 0.306 e. The molecule has 24 nitrogen and oxygen atoms in total. The Morgan fingerprint density at radius 1 is 0.266 bits per heavy atom. The minimum absolute atomic E-state index is 0.158. The number of aliphatic carboxylic acids is 4. The van der Waals surface area contributed by atoms with Crippen molar-refractivity contribution in [3.8, 4) is 0 Å². The number of carboxylic acids is 4. The number of nitrogens with one attached hydrogen (secondary N) is 4. The number of rotatable bonds is 64. The Labute approximate surface area is 761 Å². The lowest BCUT2D eigenvalue weighted by Crippen LogP contribution is -2.47. The molecule has 8 atom stereocenters. The van der Waals surface area contributed by atoms with Crippen molar-refractivity contribution in [1.29, 1.82) is 0 Å². The van der Waals surface area contributed by atoms with Gasteiger partial charge in [0.1, 0.15) is 0 Å². The summed E-state index contributed by atoms with van der Waals surface area (Å²) in [6.45, 7) is 39.4. The Balaban J connectivity index is -0.000000774. The molecule has 4 amide bonds. The van der Waals surface area contributed by atoms with Gasteiger partial charge in [-0.25, -0.2) is 0 Å². The highest BCUT2D eigenvalue weighted by Crippen LogP contribution is 2.20. The summed E-state index contributed by atoms with van der Waals surface area (Å²) in [6, 6.07) is -2.77. The molecule has 0 unspecified atom stereocenters. The van der Waals surface area contributed by atoms with E-state index in [1.54, 1.807) is 47.0 Å². The van der Waals surface area contributed by atoms with Crippen molar-refractivity contribution in [3.63, 3.8) is 0 Å². The number of carbonyl (C=O) groups excluding carboxylic acids is 8. The number of thioether (sulfide) groups is 4. The molecule has 16 N–H and O–H groups in total. The van der Waals surface area contributed by atoms with Crippen LogP contribution in [-0.2, 0) is 57.5 Å². The summed E-state index contributed by atoms with van der Waals surface area (Å²) in [6.07, 6.45) is 42.7. The third-order valence-electron chi connectivity index (χ3n) is 19.2. The normalized spacial score (nSPS) is 14.0. The monoisotopic (exact) mass is 1810 g/mol. The zero-order valence-electron chi connectivity index (χ0n) is 78.8. The predicted molar refractivity (Wildman–Crippen MR) is 521 cm³/mol. The number of carboxylic acid groups (broad SMARTS) is 4. The summed E-state index contributed by atoms with van der Waals surface area (Å²) >= 11 is 6.19. The van der Waals surface area contributed by atoms with Gasteiger partial charge in [-0.3, -0.25) is 57.5 Å². The second-order valence-corrected chi connectivity index (χ2v) is 37.2. The predicted octanol–water partition coefficient (Wildman–Crippen LogP) is 17.0. The maximum atomic E-state index is 12.1. The molecular formula is C96H160N8O16S4. The highest BCUT2D eigenvalue weighted by atomic mass is 32.2. The van der Waals surface area contributed by atoms with Gasteiger partial charge < -0.3 is 64.6 Å². The van der Waals surface area contributed by atoms with E-state index in [-0.39, 0.29) is 75.0 Å². The van der Waals surface area contributed by atoms with E-state index in [0.717, 1.165) is 126 Å². The zero-order valence-corrected chi connectivity index (χ0v) is 82.1. The SMILES string of the molecule is CC(C)=CCC/C(C)=C/CC/C(C)=C/CSC[C@H](NC(=O)C[C@@H](C)C(=O)O)C(=O)CN.CC(C)=CCC/C(C)=C/CC/C(C)=C/CSC[C@H](NC(=O)C[C@H](C)C(=O)O)C(=O)CN.CC(C)=CCC/C(C)=C/CC/C(C)=C/CSC[C@H](NC(=O)[C@@H](C)CC(=O)O)C(=O)CN.CC(C)=CCC/C(C)=C/CC/C(C)=C/CSC[C@H](NC(=O)[C@H](C)CC(=O)O)C(=O)CN. The smallest absolute Gasteiger partial charge is 0.306 e. The van der Waals surface area contributed by atoms with Crippen LogP contribution in [0.1, 0.15) is 267 Å². The number of Topliss-reactive ketones (excluding diaryl/α,β-unsaturated/α-hetero) is 4. The summed E-state index contributed by atoms with van der Waals surface area (Å²) in [4.78, 5) is 140. The molecule has 0 spiro atoms. The molecule has 0 rings (SSSR count). The summed E-state index contributed by atoms with van der Waals surface area (Å²) in [7, 11) is 0. The van der Waals surface area contributed by atoms with Gasteiger partial charge in [-0.15, -0.1) is 0 Å². The van der Waals surface area contributed by atoms with Crippen LogP contribution in [0.2, 0.25) is 0 Å². The Kier molecular flexibility index (Phi) is 76.1. The molecule has 0 heterocycles. The van der Waals surface area contributed by atoms with Crippen LogP contribution in [0.5, 0.6) is 0 Å². The fourth-order valence-corrected chi connectivity index (χ4v) is 15.1. The molecule has 0 fully saturated rings. The molecule has 0 aromatic heterocycles. The van der Waals surface area contributed by atoms with E-state index >= 15 is 0 Å². The Morgan fingerprint density at radius 3 is 0.629 bits per heavy atom. The molecule has 704 valence electrons. The van der Waals surface area contributed by atoms with Crippen molar-refractivity contribution in [1.82, 2.24) is 21.3 Å². The quantitative estimate of drug-likeness (QED) is 0.0199. The van der Waals surface area contributed by atoms with Gasteiger partial charge in [0.25, 0.3) is 0 Å². The third-order valence-corrected chi connectivity index (χ3v) is 23.1. The number of hydrogen-bond acceptors (Lipinski definition) is 20. The largest absolute Gasteiger partial charge is 0.481 e. The van der Waals surface area contributed by atoms with Crippen molar-refractivity contribution in [2.75, 3.05) is 72.2 Å². The number of amides is 4. The van der Waals surface area contributed by atoms with Gasteiger partial charge in [0.05, 0.1) is 75.0 Å². The summed E-state index contributed by atoms with van der Waals surface area (Å²) < 4.78 is 0. The molecule has 0 aromatic carbocycles. The van der Waals surface area contributed by atoms with Gasteiger partial charge in [0, 0.05) is 70.7 Å². The Hall–Kier alpha value is -7.44. The first-order valence-electron chi connectivity index (χ1n) is 43.3. The van der Waals surface area contributed by atoms with E-state index in [0.29, 0.717) is 23.0 Å². The van der Waals surface area contributed by atoms with Crippen LogP contribution in [0.4, 0.5) is 0 Å². The number of ketones is 4. The summed E-state index contributed by atoms with van der Waals surface area (Å²) in [5.41, 5.74) is 38.1. The van der Waals surface area contributed by atoms with Crippen LogP contribution < -0.4 is 44.2 Å². The fraction of sp³-hybridized carbons (Fsp3) is 0.625. The maximum absolute atomic E-state index is 12.1. The minimum Gasteiger partial charge on any atom is -0.481 e. The molecule has 0 bridgehead atoms. The molecule has 0 saturated heterocycles. The van der Waals surface area contributed by atoms with E-state index in [1.165, 1.54) is 94.6 Å². The van der Waals surface area contributed by atoms with E-state index in [9.17, 15) is 57.5 Å². The highest BCUT2D eigenvalue weighted by Gasteiger charge is 2.28. The first-order valence-corrected chi connectivity index (χ1v) is 48.0. The van der Waals surface area contributed by atoms with Gasteiger partial charge >= 0.3 is 23.9 Å². The van der Waals surface area contributed by atoms with Gasteiger partial charge in [0.2, 0.25) is 23.6 Å². The van der Waals surface area contributed by atoms with Crippen molar-refractivity contribution in [2.24, 2.45) is 46.6 Å². The molecule has 0 aromatic rings. The van der Waals surface area contributed by atoms with Gasteiger partial charge in [0.15, 0.2) is 23.1 Å². The highest BCUT2D eigenvalue weighted by molar-refractivity contribution is 8.00. The average molecular weight is 1810 g/mol. The molecular weight excluding hydrogens is 1650 g/mol. The number of carbonyl (C=O) groups is 12. The molecule has 28 heteroatoms. The molecule has 124 heavy (non-hydrogen) atoms. The van der Waals surface area contributed by atoms with E-state index in [2.05, 4.69) is 205 Å². The lowest BCUT2D eigenvalue weighted by atomic mass is 10.1. The van der Waals surface area contributed by atoms with Crippen LogP contribution in [0.3, 0.4) is 0 Å². The molecule has 0 radical (unpaired) electrons. The Bertz CT molecular complexity index is 3410. The van der Waals surface area contributed by atoms with Crippen LogP contribution in [-0.4, -0.2) is 187 Å². The number of nitrogens with two attached hydrogens (primary N) is 4. The van der Waals surface area contributed by atoms with Gasteiger partial charge in [-0.2, -0.15) is 47.0 Å². The first-order chi connectivity index (χ1) is 58.2. The van der Waals surface area contributed by atoms with Crippen LogP contribution >= 0.6 is 47.0 Å². The van der Waals surface area contributed by atoms with Crippen molar-refractivity contribution >= 4 is 118 Å². The summed E-state index contributed by atoms with van der Waals surface area (Å²) in [5, 5.41) is 46.0. The molecule has 0 saturated carbocycles. The lowest BCUT2D eigenvalue weighted by molar-refractivity contribution is -0.143. The van der Waals surface area contributed by atoms with Crippen LogP contribution in [0.15, 0.2) is 140 Å². The number of hydrogen-bond donors (Lipinski definition) is 12. The van der Waals surface area contributed by atoms with E-state index < -0.39 is 95.3 Å². The minimum atomic E-state index is -1.04. The van der Waals surface area contributed by atoms with E-state index in [1.807, 2.05) is 0 Å². The average Bonchev–Trinajstić information content (AvgIpc) is 0.916. The van der Waals surface area contributed by atoms with Crippen molar-refractivity contribution in [2.45, 2.75) is 291 Å². The summed E-state index contributed by atoms with van der Waals surface area (Å²) in [5.74, 6) is -5.31. The zero-order chi connectivity index (χ0) is 95.2. The van der Waals surface area contributed by atoms with Gasteiger partial charge in [-0.1, -0.05) is 167 Å². The fourth-order valence-electron chi connectivity index (χ4n) is 10.9. The molecule has 0 aliphatic heterocycles. The van der Waals surface area contributed by atoms with Crippen molar-refractivity contribution in [3.05, 3.63) is 140 Å². The molecule has 0 aliphatic rings. The first kappa shape index (κ1) is 123. The number of allylic oxidation sites excluding steroid dienone is 20. The Morgan fingerprint density at radius 2 is 0.452 bits per heavy atom. The van der Waals surface area contributed by atoms with E-state index in [4.69, 9.17) is 43.4 Å². The van der Waals surface area contributed by atoms with Crippen molar-refractivity contribution < 1.29 is 78.0 Å². The second-order valence-electron chi connectivity index (χ2n) is 32.9. The standard InChI is InChI=1S/4C24H40N2O4S/c2*1-17(2)8-6-9-18(3)10-7-11-19(4)12-13-31-16-21(22(27)15-25)26-24(30)20(5)14-23(28)29;2*1-17(2)8-6-9-18(3)10-7-11-19(4)12-13-31-16-21(22(27)15-25)26-23(28)14-20(5)24(29)30/h2*8,10,12,20-21H,6-7,9,11,13-16,25H2,1-5H3,(H,26,30)(H,28,29);2*8,10,12,20-21H,6-7,9,11,13-16,25H2,1-5H3,(H,26,28)(H,29,30)/b4*18-10+,19-12+/t20-,21+;20-,21-;20-,21+;20-,21-/m1010/s1. The third kappa shape index (κ3) is 74.8. The topological polar surface area (TPSA) is 438 Å².